The number of benzene rings is 1. The fourth-order valence-electron chi connectivity index (χ4n) is 1.87. The lowest BCUT2D eigenvalue weighted by Gasteiger charge is -2.06. The van der Waals surface area contributed by atoms with Gasteiger partial charge in [-0.15, -0.1) is 0 Å². The van der Waals surface area contributed by atoms with Crippen molar-refractivity contribution in [1.82, 2.24) is 10.3 Å². The lowest BCUT2D eigenvalue weighted by molar-refractivity contribution is -0.117. The Balaban J connectivity index is 1.89. The van der Waals surface area contributed by atoms with Gasteiger partial charge in [0.25, 0.3) is 5.91 Å². The third kappa shape index (κ3) is 5.00. The van der Waals surface area contributed by atoms with E-state index in [2.05, 4.69) is 15.6 Å². The Hall–Kier alpha value is -3.04. The highest BCUT2D eigenvalue weighted by Crippen LogP contribution is 2.17. The van der Waals surface area contributed by atoms with Crippen molar-refractivity contribution in [1.29, 1.82) is 5.26 Å². The number of nitrogens with zero attached hydrogens (tertiary/aromatic N) is 2. The molecule has 0 aliphatic carbocycles. The van der Waals surface area contributed by atoms with Crippen molar-refractivity contribution < 1.29 is 9.90 Å². The SMILES string of the molecule is N#C/C(=C/Nc1cccnc1Cl)C(=O)NCCc1ccc(O)cc1. The van der Waals surface area contributed by atoms with Crippen LogP contribution in [-0.4, -0.2) is 22.5 Å². The van der Waals surface area contributed by atoms with Crippen LogP contribution in [0.1, 0.15) is 5.56 Å². The standard InChI is InChI=1S/C17H15ClN4O2/c18-16-15(2-1-8-20-16)22-11-13(10-19)17(24)21-9-7-12-3-5-14(23)6-4-12/h1-6,8,11,22-23H,7,9H2,(H,21,24)/b13-11-. The maximum atomic E-state index is 12.0. The molecule has 0 atom stereocenters. The molecule has 2 aromatic rings. The second kappa shape index (κ2) is 8.56. The first kappa shape index (κ1) is 17.3. The quantitative estimate of drug-likeness (QED) is 0.426. The van der Waals surface area contributed by atoms with E-state index >= 15 is 0 Å². The largest absolute Gasteiger partial charge is 0.508 e. The van der Waals surface area contributed by atoms with Crippen LogP contribution in [0.4, 0.5) is 5.69 Å². The number of aromatic nitrogens is 1. The Bertz CT molecular complexity index is 782. The van der Waals surface area contributed by atoms with Crippen LogP contribution in [-0.2, 0) is 11.2 Å². The van der Waals surface area contributed by atoms with E-state index in [4.69, 9.17) is 16.9 Å². The minimum Gasteiger partial charge on any atom is -0.508 e. The van der Waals surface area contributed by atoms with E-state index in [9.17, 15) is 9.90 Å². The van der Waals surface area contributed by atoms with Gasteiger partial charge in [-0.25, -0.2) is 4.98 Å². The molecule has 6 nitrogen and oxygen atoms in total. The molecular weight excluding hydrogens is 328 g/mol. The number of hydrogen-bond donors (Lipinski definition) is 3. The van der Waals surface area contributed by atoms with Crippen molar-refractivity contribution in [2.45, 2.75) is 6.42 Å². The molecule has 0 unspecified atom stereocenters. The van der Waals surface area contributed by atoms with E-state index in [1.807, 2.05) is 6.07 Å². The monoisotopic (exact) mass is 342 g/mol. The number of pyridine rings is 1. The summed E-state index contributed by atoms with van der Waals surface area (Å²) >= 11 is 5.89. The maximum absolute atomic E-state index is 12.0. The van der Waals surface area contributed by atoms with E-state index in [0.29, 0.717) is 18.7 Å². The second-order valence-corrected chi connectivity index (χ2v) is 5.19. The molecule has 1 aromatic carbocycles. The Morgan fingerprint density at radius 2 is 2.08 bits per heavy atom. The summed E-state index contributed by atoms with van der Waals surface area (Å²) in [4.78, 5) is 15.9. The smallest absolute Gasteiger partial charge is 0.263 e. The van der Waals surface area contributed by atoms with Crippen molar-refractivity contribution in [3.63, 3.8) is 0 Å². The highest BCUT2D eigenvalue weighted by molar-refractivity contribution is 6.32. The summed E-state index contributed by atoms with van der Waals surface area (Å²) in [7, 11) is 0. The number of phenolic OH excluding ortho intramolecular Hbond substituents is 1. The molecule has 122 valence electrons. The van der Waals surface area contributed by atoms with E-state index in [1.165, 1.54) is 6.20 Å². The van der Waals surface area contributed by atoms with Crippen LogP contribution in [0.3, 0.4) is 0 Å². The van der Waals surface area contributed by atoms with E-state index in [0.717, 1.165) is 5.56 Å². The number of halogens is 1. The molecule has 1 amide bonds. The summed E-state index contributed by atoms with van der Waals surface area (Å²) in [6.45, 7) is 0.371. The Labute approximate surface area is 144 Å². The van der Waals surface area contributed by atoms with Crippen LogP contribution in [0.15, 0.2) is 54.4 Å². The van der Waals surface area contributed by atoms with E-state index in [1.54, 1.807) is 42.6 Å². The molecule has 0 aliphatic rings. The number of carbonyl (C=O) groups is 1. The fraction of sp³-hybridized carbons (Fsp3) is 0.118. The normalized spacial score (nSPS) is 10.8. The van der Waals surface area contributed by atoms with Gasteiger partial charge in [0.15, 0.2) is 5.15 Å². The molecule has 0 radical (unpaired) electrons. The first-order chi connectivity index (χ1) is 11.6. The fourth-order valence-corrected chi connectivity index (χ4v) is 2.04. The highest BCUT2D eigenvalue weighted by atomic mass is 35.5. The zero-order chi connectivity index (χ0) is 17.4. The average molecular weight is 343 g/mol. The molecular formula is C17H15ClN4O2. The molecule has 0 fully saturated rings. The van der Waals surface area contributed by atoms with Crippen LogP contribution in [0.5, 0.6) is 5.75 Å². The summed E-state index contributed by atoms with van der Waals surface area (Å²) in [6.07, 6.45) is 3.42. The predicted octanol–water partition coefficient (Wildman–Crippen LogP) is 2.62. The van der Waals surface area contributed by atoms with Gasteiger partial charge in [0.05, 0.1) is 5.69 Å². The molecule has 0 bridgehead atoms. The van der Waals surface area contributed by atoms with Crippen molar-refractivity contribution >= 4 is 23.2 Å². The Kier molecular flexibility index (Phi) is 6.17. The Morgan fingerprint density at radius 1 is 1.33 bits per heavy atom. The minimum atomic E-state index is -0.483. The lowest BCUT2D eigenvalue weighted by atomic mass is 10.1. The van der Waals surface area contributed by atoms with Crippen LogP contribution in [0.2, 0.25) is 5.15 Å². The molecule has 0 spiro atoms. The number of nitrogens with one attached hydrogen (secondary N) is 2. The summed E-state index contributed by atoms with van der Waals surface area (Å²) in [5.74, 6) is -0.290. The van der Waals surface area contributed by atoms with Crippen LogP contribution < -0.4 is 10.6 Å². The molecule has 3 N–H and O–H groups in total. The van der Waals surface area contributed by atoms with E-state index < -0.39 is 5.91 Å². The predicted molar refractivity (Wildman–Crippen MR) is 91.4 cm³/mol. The van der Waals surface area contributed by atoms with Gasteiger partial charge in [-0.3, -0.25) is 4.79 Å². The van der Waals surface area contributed by atoms with Gasteiger partial charge in [-0.1, -0.05) is 23.7 Å². The van der Waals surface area contributed by atoms with Gasteiger partial charge >= 0.3 is 0 Å². The first-order valence-electron chi connectivity index (χ1n) is 7.13. The Morgan fingerprint density at radius 3 is 2.75 bits per heavy atom. The average Bonchev–Trinajstić information content (AvgIpc) is 2.59. The highest BCUT2D eigenvalue weighted by Gasteiger charge is 2.08. The molecule has 1 aromatic heterocycles. The summed E-state index contributed by atoms with van der Waals surface area (Å²) in [5.41, 5.74) is 1.40. The zero-order valence-electron chi connectivity index (χ0n) is 12.7. The number of rotatable bonds is 6. The van der Waals surface area contributed by atoms with E-state index in [-0.39, 0.29) is 16.5 Å². The van der Waals surface area contributed by atoms with Crippen molar-refractivity contribution in [3.8, 4) is 11.8 Å². The van der Waals surface area contributed by atoms with Crippen molar-refractivity contribution in [2.75, 3.05) is 11.9 Å². The topological polar surface area (TPSA) is 98.0 Å². The first-order valence-corrected chi connectivity index (χ1v) is 7.51. The lowest BCUT2D eigenvalue weighted by Crippen LogP contribution is -2.27. The van der Waals surface area contributed by atoms with Crippen molar-refractivity contribution in [3.05, 3.63) is 65.1 Å². The van der Waals surface area contributed by atoms with Gasteiger partial charge in [-0.05, 0) is 36.2 Å². The van der Waals surface area contributed by atoms with Gasteiger partial charge in [0, 0.05) is 18.9 Å². The van der Waals surface area contributed by atoms with Gasteiger partial charge in [-0.2, -0.15) is 5.26 Å². The zero-order valence-corrected chi connectivity index (χ0v) is 13.4. The van der Waals surface area contributed by atoms with Gasteiger partial charge in [0.1, 0.15) is 17.4 Å². The molecule has 1 heterocycles. The number of hydrogen-bond acceptors (Lipinski definition) is 5. The number of phenols is 1. The summed E-state index contributed by atoms with van der Waals surface area (Å²) in [6, 6.07) is 11.9. The number of aromatic hydroxyl groups is 1. The summed E-state index contributed by atoms with van der Waals surface area (Å²) < 4.78 is 0. The third-order valence-corrected chi connectivity index (χ3v) is 3.43. The third-order valence-electron chi connectivity index (χ3n) is 3.13. The molecule has 0 saturated heterocycles. The molecule has 7 heteroatoms. The number of anilines is 1. The number of carbonyl (C=O) groups excluding carboxylic acids is 1. The van der Waals surface area contributed by atoms with Crippen LogP contribution >= 0.6 is 11.6 Å². The van der Waals surface area contributed by atoms with Crippen molar-refractivity contribution in [2.24, 2.45) is 0 Å². The van der Waals surface area contributed by atoms with Gasteiger partial charge < -0.3 is 15.7 Å². The van der Waals surface area contributed by atoms with Crippen LogP contribution in [0.25, 0.3) is 0 Å². The number of nitriles is 1. The molecule has 24 heavy (non-hydrogen) atoms. The maximum Gasteiger partial charge on any atom is 0.263 e. The molecule has 0 aliphatic heterocycles. The number of amides is 1. The molecule has 2 rings (SSSR count). The second-order valence-electron chi connectivity index (χ2n) is 4.83. The van der Waals surface area contributed by atoms with Crippen LogP contribution in [0, 0.1) is 11.3 Å². The minimum absolute atomic E-state index is 0.0689. The van der Waals surface area contributed by atoms with Gasteiger partial charge in [0.2, 0.25) is 0 Å². The molecule has 0 saturated carbocycles. The summed E-state index contributed by atoms with van der Waals surface area (Å²) in [5, 5.41) is 24.0.